The van der Waals surface area contributed by atoms with Crippen LogP contribution >= 0.6 is 0 Å². The van der Waals surface area contributed by atoms with Gasteiger partial charge in [-0.3, -0.25) is 5.32 Å². The molecular formula is C15H27NO. The van der Waals surface area contributed by atoms with Crippen LogP contribution < -0.4 is 5.32 Å². The van der Waals surface area contributed by atoms with Crippen LogP contribution in [0, 0.1) is 5.41 Å². The zero-order chi connectivity index (χ0) is 12.0. The summed E-state index contributed by atoms with van der Waals surface area (Å²) in [5.41, 5.74) is 0.913. The molecule has 0 radical (unpaired) electrons. The van der Waals surface area contributed by atoms with Crippen molar-refractivity contribution in [2.75, 3.05) is 6.61 Å². The molecular weight excluding hydrogens is 210 g/mol. The van der Waals surface area contributed by atoms with Crippen molar-refractivity contribution in [3.63, 3.8) is 0 Å². The molecule has 17 heavy (non-hydrogen) atoms. The fourth-order valence-corrected chi connectivity index (χ4v) is 4.35. The Morgan fingerprint density at radius 2 is 1.65 bits per heavy atom. The Balaban J connectivity index is 1.75. The first-order valence-corrected chi connectivity index (χ1v) is 7.47. The molecule has 0 aromatic rings. The lowest BCUT2D eigenvalue weighted by Crippen LogP contribution is -2.63. The predicted molar refractivity (Wildman–Crippen MR) is 69.9 cm³/mol. The van der Waals surface area contributed by atoms with Crippen molar-refractivity contribution < 1.29 is 4.74 Å². The summed E-state index contributed by atoms with van der Waals surface area (Å²) in [5.74, 6) is 0. The van der Waals surface area contributed by atoms with Crippen molar-refractivity contribution in [2.24, 2.45) is 5.41 Å². The smallest absolute Gasteiger partial charge is 0.120 e. The van der Waals surface area contributed by atoms with E-state index in [0.29, 0.717) is 11.0 Å². The van der Waals surface area contributed by atoms with Gasteiger partial charge in [-0.15, -0.1) is 0 Å². The van der Waals surface area contributed by atoms with Gasteiger partial charge in [0.1, 0.15) is 5.72 Å². The van der Waals surface area contributed by atoms with Gasteiger partial charge in [-0.1, -0.05) is 33.1 Å². The lowest BCUT2D eigenvalue weighted by atomic mass is 9.77. The van der Waals surface area contributed by atoms with E-state index in [0.717, 1.165) is 6.61 Å². The molecule has 0 aromatic heterocycles. The molecule has 0 amide bonds. The van der Waals surface area contributed by atoms with Crippen LogP contribution in [-0.4, -0.2) is 17.9 Å². The quantitative estimate of drug-likeness (QED) is 0.695. The van der Waals surface area contributed by atoms with Crippen LogP contribution in [-0.2, 0) is 4.74 Å². The zero-order valence-corrected chi connectivity index (χ0v) is 11.5. The zero-order valence-electron chi connectivity index (χ0n) is 11.5. The van der Waals surface area contributed by atoms with Crippen molar-refractivity contribution in [3.05, 3.63) is 0 Å². The number of ether oxygens (including phenoxy) is 1. The fraction of sp³-hybridized carbons (Fsp3) is 1.00. The first-order valence-electron chi connectivity index (χ1n) is 7.47. The van der Waals surface area contributed by atoms with Crippen molar-refractivity contribution >= 4 is 0 Å². The van der Waals surface area contributed by atoms with Crippen LogP contribution in [0.5, 0.6) is 0 Å². The van der Waals surface area contributed by atoms with E-state index < -0.39 is 0 Å². The molecule has 3 fully saturated rings. The highest BCUT2D eigenvalue weighted by Gasteiger charge is 2.51. The monoisotopic (exact) mass is 237 g/mol. The van der Waals surface area contributed by atoms with Gasteiger partial charge in [0, 0.05) is 5.54 Å². The van der Waals surface area contributed by atoms with Crippen LogP contribution in [0.15, 0.2) is 0 Å². The van der Waals surface area contributed by atoms with Gasteiger partial charge >= 0.3 is 0 Å². The van der Waals surface area contributed by atoms with E-state index in [4.69, 9.17) is 4.74 Å². The third-order valence-corrected chi connectivity index (χ3v) is 5.23. The molecule has 2 nitrogen and oxygen atoms in total. The van der Waals surface area contributed by atoms with E-state index in [-0.39, 0.29) is 5.72 Å². The average Bonchev–Trinajstić information content (AvgIpc) is 2.55. The lowest BCUT2D eigenvalue weighted by Gasteiger charge is -2.50. The highest BCUT2D eigenvalue weighted by atomic mass is 16.5. The molecule has 3 rings (SSSR count). The van der Waals surface area contributed by atoms with Crippen LogP contribution in [0.3, 0.4) is 0 Å². The van der Waals surface area contributed by atoms with E-state index in [2.05, 4.69) is 19.2 Å². The summed E-state index contributed by atoms with van der Waals surface area (Å²) in [6.45, 7) is 5.74. The molecule has 98 valence electrons. The van der Waals surface area contributed by atoms with Gasteiger partial charge in [0.2, 0.25) is 0 Å². The molecule has 1 aliphatic heterocycles. The first-order chi connectivity index (χ1) is 8.04. The van der Waals surface area contributed by atoms with Crippen molar-refractivity contribution in [2.45, 2.75) is 82.9 Å². The Morgan fingerprint density at radius 1 is 0.882 bits per heavy atom. The Morgan fingerprint density at radius 3 is 2.29 bits per heavy atom. The summed E-state index contributed by atoms with van der Waals surface area (Å²) < 4.78 is 6.18. The maximum Gasteiger partial charge on any atom is 0.120 e. The highest BCUT2D eigenvalue weighted by Crippen LogP contribution is 2.48. The standard InChI is InChI=1S/C15H27NO/c1-13(2)8-9-15(12-13)16-14(10-11-17-15)6-4-3-5-7-14/h16H,3-12H2,1-2H3. The van der Waals surface area contributed by atoms with Crippen LogP contribution in [0.4, 0.5) is 0 Å². The molecule has 1 atom stereocenters. The molecule has 0 aromatic carbocycles. The Labute approximate surface area is 105 Å². The van der Waals surface area contributed by atoms with Gasteiger partial charge in [-0.25, -0.2) is 0 Å². The van der Waals surface area contributed by atoms with Crippen molar-refractivity contribution in [3.8, 4) is 0 Å². The average molecular weight is 237 g/mol. The SMILES string of the molecule is CC1(C)CCC2(C1)NC1(CCCCC1)CCO2. The van der Waals surface area contributed by atoms with Gasteiger partial charge in [0.25, 0.3) is 0 Å². The highest BCUT2D eigenvalue weighted by molar-refractivity contribution is 5.03. The van der Waals surface area contributed by atoms with Gasteiger partial charge in [0.15, 0.2) is 0 Å². The van der Waals surface area contributed by atoms with E-state index in [1.54, 1.807) is 0 Å². The molecule has 0 bridgehead atoms. The molecule has 1 unspecified atom stereocenters. The maximum atomic E-state index is 6.18. The molecule has 2 spiro atoms. The summed E-state index contributed by atoms with van der Waals surface area (Å²) in [5, 5.41) is 3.98. The molecule has 2 heteroatoms. The van der Waals surface area contributed by atoms with Gasteiger partial charge in [-0.2, -0.15) is 0 Å². The minimum absolute atomic E-state index is 0.0269. The fourth-order valence-electron chi connectivity index (χ4n) is 4.35. The summed E-state index contributed by atoms with van der Waals surface area (Å²) in [6, 6.07) is 0. The molecule has 2 saturated carbocycles. The number of nitrogens with one attached hydrogen (secondary N) is 1. The first kappa shape index (κ1) is 12.0. The number of hydrogen-bond donors (Lipinski definition) is 1. The Kier molecular flexibility index (Phi) is 2.79. The molecule has 3 aliphatic rings. The molecule has 1 N–H and O–H groups in total. The Hall–Kier alpha value is -0.0800. The third kappa shape index (κ3) is 2.26. The van der Waals surface area contributed by atoms with Gasteiger partial charge < -0.3 is 4.74 Å². The normalized spacial score (nSPS) is 39.9. The second kappa shape index (κ2) is 3.96. The van der Waals surface area contributed by atoms with E-state index in [9.17, 15) is 0 Å². The second-order valence-electron chi connectivity index (χ2n) is 7.40. The third-order valence-electron chi connectivity index (χ3n) is 5.23. The van der Waals surface area contributed by atoms with Gasteiger partial charge in [0.05, 0.1) is 6.61 Å². The molecule has 1 saturated heterocycles. The summed E-state index contributed by atoms with van der Waals surface area (Å²) in [4.78, 5) is 0. The molecule has 2 aliphatic carbocycles. The summed E-state index contributed by atoms with van der Waals surface area (Å²) >= 11 is 0. The lowest BCUT2D eigenvalue weighted by molar-refractivity contribution is -0.139. The van der Waals surface area contributed by atoms with Crippen LogP contribution in [0.25, 0.3) is 0 Å². The Bertz CT molecular complexity index is 288. The molecule has 1 heterocycles. The predicted octanol–water partition coefficient (Wildman–Crippen LogP) is 3.61. The number of hydrogen-bond acceptors (Lipinski definition) is 2. The second-order valence-corrected chi connectivity index (χ2v) is 7.40. The minimum atomic E-state index is 0.0269. The van der Waals surface area contributed by atoms with Crippen molar-refractivity contribution in [1.82, 2.24) is 5.32 Å². The van der Waals surface area contributed by atoms with Crippen molar-refractivity contribution in [1.29, 1.82) is 0 Å². The maximum absolute atomic E-state index is 6.18. The topological polar surface area (TPSA) is 21.3 Å². The van der Waals surface area contributed by atoms with E-state index in [1.807, 2.05) is 0 Å². The summed E-state index contributed by atoms with van der Waals surface area (Å²) in [7, 11) is 0. The van der Waals surface area contributed by atoms with Crippen LogP contribution in [0.1, 0.15) is 71.6 Å². The minimum Gasteiger partial charge on any atom is -0.361 e. The van der Waals surface area contributed by atoms with Gasteiger partial charge in [-0.05, 0) is 43.9 Å². The van der Waals surface area contributed by atoms with E-state index >= 15 is 0 Å². The number of rotatable bonds is 0. The largest absolute Gasteiger partial charge is 0.361 e. The summed E-state index contributed by atoms with van der Waals surface area (Å²) in [6.07, 6.45) is 11.9. The van der Waals surface area contributed by atoms with Crippen LogP contribution in [0.2, 0.25) is 0 Å². The van der Waals surface area contributed by atoms with E-state index in [1.165, 1.54) is 57.8 Å².